The lowest BCUT2D eigenvalue weighted by Crippen LogP contribution is -2.04. The van der Waals surface area contributed by atoms with Gasteiger partial charge in [-0.3, -0.25) is 0 Å². The number of aromatic nitrogens is 3. The summed E-state index contributed by atoms with van der Waals surface area (Å²) in [6.07, 6.45) is 6.05. The topological polar surface area (TPSA) is 65.0 Å². The third-order valence-electron chi connectivity index (χ3n) is 10.6. The molecule has 0 amide bonds. The normalized spacial score (nSPS) is 13.3. The van der Waals surface area contributed by atoms with Gasteiger partial charge in [-0.1, -0.05) is 115 Å². The maximum atomic E-state index is 6.44. The molecule has 10 aromatic rings. The van der Waals surface area contributed by atoms with E-state index in [0.717, 1.165) is 89.9 Å². The van der Waals surface area contributed by atoms with Crippen molar-refractivity contribution in [2.24, 2.45) is 0 Å². The molecule has 0 radical (unpaired) electrons. The van der Waals surface area contributed by atoms with Gasteiger partial charge in [-0.05, 0) is 100.0 Å². The van der Waals surface area contributed by atoms with Gasteiger partial charge in [0.1, 0.15) is 22.3 Å². The first kappa shape index (κ1) is 30.5. The van der Waals surface area contributed by atoms with Gasteiger partial charge < -0.3 is 8.83 Å². The maximum absolute atomic E-state index is 6.44. The van der Waals surface area contributed by atoms with E-state index in [-0.39, 0.29) is 0 Å². The number of allylic oxidation sites excluding steroid dienone is 4. The minimum absolute atomic E-state index is 0.633. The zero-order chi connectivity index (χ0) is 35.6. The van der Waals surface area contributed by atoms with Gasteiger partial charge >= 0.3 is 0 Å². The van der Waals surface area contributed by atoms with Crippen LogP contribution in [0.4, 0.5) is 0 Å². The minimum Gasteiger partial charge on any atom is -0.456 e. The highest BCUT2D eigenvalue weighted by molar-refractivity contribution is 6.12. The molecule has 0 fully saturated rings. The van der Waals surface area contributed by atoms with Crippen LogP contribution in [-0.2, 0) is 0 Å². The quantitative estimate of drug-likeness (QED) is 0.179. The second-order valence-electron chi connectivity index (χ2n) is 13.9. The van der Waals surface area contributed by atoms with Crippen molar-refractivity contribution in [3.63, 3.8) is 0 Å². The predicted octanol–water partition coefficient (Wildman–Crippen LogP) is 13.1. The maximum Gasteiger partial charge on any atom is 0.164 e. The van der Waals surface area contributed by atoms with Crippen molar-refractivity contribution < 1.29 is 8.83 Å². The lowest BCUT2D eigenvalue weighted by atomic mass is 9.88. The molecule has 11 rings (SSSR count). The highest BCUT2D eigenvalue weighted by atomic mass is 16.3. The molecule has 1 aliphatic rings. The molecule has 54 heavy (non-hydrogen) atoms. The van der Waals surface area contributed by atoms with Crippen LogP contribution in [0.25, 0.3) is 99.7 Å². The summed E-state index contributed by atoms with van der Waals surface area (Å²) >= 11 is 0. The summed E-state index contributed by atoms with van der Waals surface area (Å²) in [4.78, 5) is 15.4. The number of hydrogen-bond donors (Lipinski definition) is 0. The number of para-hydroxylation sites is 2. The Morgan fingerprint density at radius 2 is 0.981 bits per heavy atom. The molecule has 0 aliphatic heterocycles. The molecule has 254 valence electrons. The molecule has 0 saturated carbocycles. The van der Waals surface area contributed by atoms with Gasteiger partial charge in [0.2, 0.25) is 0 Å². The first-order chi connectivity index (χ1) is 26.7. The van der Waals surface area contributed by atoms with E-state index in [1.54, 1.807) is 0 Å². The number of nitrogens with zero attached hydrogens (tertiary/aromatic N) is 3. The van der Waals surface area contributed by atoms with E-state index in [9.17, 15) is 0 Å². The minimum atomic E-state index is 0.633. The van der Waals surface area contributed by atoms with E-state index < -0.39 is 0 Å². The number of fused-ring (bicyclic) bond motifs is 7. The van der Waals surface area contributed by atoms with Crippen molar-refractivity contribution in [3.05, 3.63) is 175 Å². The highest BCUT2D eigenvalue weighted by Crippen LogP contribution is 2.42. The molecule has 3 aromatic heterocycles. The largest absolute Gasteiger partial charge is 0.456 e. The Kier molecular flexibility index (Phi) is 6.92. The standard InChI is InChI=1S/C49H31N3O2/c1-2-10-30(11-3-1)37-28-40(46-39-15-7-9-17-43(39)54-45(46)29-37)32-19-21-33(22-20-32)47-50-48(35-23-18-31-12-4-5-13-34(31)26-35)52-49(51-47)36-24-25-44-41(27-36)38-14-6-8-16-42(38)53-44/h1-19,21,23-29H,20,22H2. The fraction of sp³-hybridized carbons (Fsp3) is 0.0408. The van der Waals surface area contributed by atoms with Gasteiger partial charge in [0.05, 0.1) is 0 Å². The molecule has 7 aromatic carbocycles. The molecular weight excluding hydrogens is 663 g/mol. The molecule has 0 spiro atoms. The van der Waals surface area contributed by atoms with Crippen LogP contribution in [-0.4, -0.2) is 15.0 Å². The van der Waals surface area contributed by atoms with Crippen molar-refractivity contribution in [3.8, 4) is 33.9 Å². The number of furan rings is 2. The number of rotatable bonds is 5. The Morgan fingerprint density at radius 3 is 1.80 bits per heavy atom. The third kappa shape index (κ3) is 5.13. The van der Waals surface area contributed by atoms with Crippen molar-refractivity contribution in [2.45, 2.75) is 12.8 Å². The fourth-order valence-corrected chi connectivity index (χ4v) is 7.92. The summed E-state index contributed by atoms with van der Waals surface area (Å²) in [6, 6.07) is 52.4. The molecule has 5 heteroatoms. The smallest absolute Gasteiger partial charge is 0.164 e. The van der Waals surface area contributed by atoms with Crippen LogP contribution in [0.2, 0.25) is 0 Å². The predicted molar refractivity (Wildman–Crippen MR) is 220 cm³/mol. The first-order valence-electron chi connectivity index (χ1n) is 18.3. The summed E-state index contributed by atoms with van der Waals surface area (Å²) in [6.45, 7) is 0. The lowest BCUT2D eigenvalue weighted by molar-refractivity contribution is 0.668. The summed E-state index contributed by atoms with van der Waals surface area (Å²) in [5.74, 6) is 1.97. The Hall–Kier alpha value is -7.11. The van der Waals surface area contributed by atoms with E-state index in [2.05, 4.69) is 121 Å². The Bertz CT molecular complexity index is 3170. The summed E-state index contributed by atoms with van der Waals surface area (Å²) in [5, 5.41) is 6.71. The van der Waals surface area contributed by atoms with Crippen molar-refractivity contribution in [1.82, 2.24) is 15.0 Å². The fourth-order valence-electron chi connectivity index (χ4n) is 7.92. The van der Waals surface area contributed by atoms with Crippen LogP contribution in [0, 0.1) is 0 Å². The van der Waals surface area contributed by atoms with Crippen LogP contribution < -0.4 is 0 Å². The van der Waals surface area contributed by atoms with Crippen LogP contribution in [0.5, 0.6) is 0 Å². The Morgan fingerprint density at radius 1 is 0.370 bits per heavy atom. The molecule has 0 bridgehead atoms. The third-order valence-corrected chi connectivity index (χ3v) is 10.6. The molecule has 1 aliphatic carbocycles. The molecule has 3 heterocycles. The Balaban J connectivity index is 1.06. The summed E-state index contributed by atoms with van der Waals surface area (Å²) in [5.41, 5.74) is 11.2. The van der Waals surface area contributed by atoms with E-state index in [1.165, 1.54) is 16.5 Å². The van der Waals surface area contributed by atoms with Gasteiger partial charge in [0, 0.05) is 32.7 Å². The second-order valence-corrected chi connectivity index (χ2v) is 13.9. The van der Waals surface area contributed by atoms with Crippen molar-refractivity contribution in [2.75, 3.05) is 0 Å². The summed E-state index contributed by atoms with van der Waals surface area (Å²) < 4.78 is 12.6. The van der Waals surface area contributed by atoms with E-state index in [4.69, 9.17) is 23.8 Å². The van der Waals surface area contributed by atoms with E-state index >= 15 is 0 Å². The molecule has 0 N–H and O–H groups in total. The lowest BCUT2D eigenvalue weighted by Gasteiger charge is -2.17. The van der Waals surface area contributed by atoms with E-state index in [0.29, 0.717) is 17.5 Å². The zero-order valence-electron chi connectivity index (χ0n) is 29.2. The number of benzene rings is 7. The second kappa shape index (κ2) is 12.2. The van der Waals surface area contributed by atoms with Crippen LogP contribution in [0.1, 0.15) is 24.2 Å². The molecule has 0 unspecified atom stereocenters. The highest BCUT2D eigenvalue weighted by Gasteiger charge is 2.21. The van der Waals surface area contributed by atoms with Gasteiger partial charge in [0.25, 0.3) is 0 Å². The van der Waals surface area contributed by atoms with Gasteiger partial charge in [-0.2, -0.15) is 0 Å². The number of hydrogen-bond acceptors (Lipinski definition) is 5. The van der Waals surface area contributed by atoms with Crippen LogP contribution in [0.3, 0.4) is 0 Å². The molecule has 5 nitrogen and oxygen atoms in total. The molecular formula is C49H31N3O2. The van der Waals surface area contributed by atoms with Crippen LogP contribution in [0.15, 0.2) is 173 Å². The van der Waals surface area contributed by atoms with Crippen LogP contribution >= 0.6 is 0 Å². The zero-order valence-corrected chi connectivity index (χ0v) is 29.2. The monoisotopic (exact) mass is 693 g/mol. The SMILES string of the molecule is C1=C(c2nc(-c3ccc4ccccc4c3)nc(-c3ccc4oc5ccccc5c4c3)n2)CCC(c2cc(-c3ccccc3)cc3oc4ccccc4c23)=C1. The average molecular weight is 694 g/mol. The Labute approximate surface area is 310 Å². The first-order valence-corrected chi connectivity index (χ1v) is 18.3. The molecule has 0 saturated heterocycles. The van der Waals surface area contributed by atoms with Gasteiger partial charge in [0.15, 0.2) is 17.5 Å². The van der Waals surface area contributed by atoms with Gasteiger partial charge in [-0.25, -0.2) is 15.0 Å². The average Bonchev–Trinajstić information content (AvgIpc) is 3.81. The van der Waals surface area contributed by atoms with Crippen molar-refractivity contribution in [1.29, 1.82) is 0 Å². The van der Waals surface area contributed by atoms with E-state index in [1.807, 2.05) is 42.5 Å². The summed E-state index contributed by atoms with van der Waals surface area (Å²) in [7, 11) is 0. The van der Waals surface area contributed by atoms with Crippen molar-refractivity contribution >= 4 is 65.8 Å². The van der Waals surface area contributed by atoms with Gasteiger partial charge in [-0.15, -0.1) is 0 Å². The molecule has 0 atom stereocenters.